The van der Waals surface area contributed by atoms with E-state index < -0.39 is 6.04 Å². The first-order valence-electron chi connectivity index (χ1n) is 11.3. The van der Waals surface area contributed by atoms with E-state index in [2.05, 4.69) is 25.3 Å². The van der Waals surface area contributed by atoms with Crippen molar-refractivity contribution in [3.05, 3.63) is 89.0 Å². The molecule has 0 fully saturated rings. The van der Waals surface area contributed by atoms with Gasteiger partial charge in [0.2, 0.25) is 0 Å². The smallest absolute Gasteiger partial charge is 0.316 e. The van der Waals surface area contributed by atoms with Crippen LogP contribution in [-0.2, 0) is 0 Å². The zero-order valence-electron chi connectivity index (χ0n) is 20.0. The summed E-state index contributed by atoms with van der Waals surface area (Å²) in [4.78, 5) is 35.4. The second-order valence-electron chi connectivity index (χ2n) is 8.06. The van der Waals surface area contributed by atoms with Gasteiger partial charge in [0.15, 0.2) is 0 Å². The number of benzene rings is 2. The molecule has 1 atom stereocenters. The van der Waals surface area contributed by atoms with Gasteiger partial charge in [0.25, 0.3) is 5.56 Å². The van der Waals surface area contributed by atoms with Crippen LogP contribution in [0.5, 0.6) is 6.01 Å². The van der Waals surface area contributed by atoms with Crippen LogP contribution in [0.25, 0.3) is 27.7 Å². The molecule has 0 spiro atoms. The van der Waals surface area contributed by atoms with Crippen LogP contribution >= 0.6 is 0 Å². The molecule has 5 rings (SSSR count). The molecule has 0 saturated heterocycles. The van der Waals surface area contributed by atoms with Crippen molar-refractivity contribution < 1.29 is 4.74 Å². The lowest BCUT2D eigenvalue weighted by Crippen LogP contribution is -2.28. The van der Waals surface area contributed by atoms with E-state index in [4.69, 9.17) is 15.5 Å². The number of hydrogen-bond acceptors (Lipinski definition) is 10. The van der Waals surface area contributed by atoms with Crippen LogP contribution in [0.2, 0.25) is 0 Å². The molecule has 11 heteroatoms. The van der Waals surface area contributed by atoms with Gasteiger partial charge in [0.05, 0.1) is 29.7 Å². The fraction of sp³-hybridized carbons (Fsp3) is 0.115. The molecule has 182 valence electrons. The molecular weight excluding hydrogens is 470 g/mol. The number of para-hydroxylation sites is 1. The Hall–Kier alpha value is -5.37. The van der Waals surface area contributed by atoms with Crippen molar-refractivity contribution in [2.45, 2.75) is 13.0 Å². The number of methoxy groups -OCH3 is 1. The monoisotopic (exact) mass is 491 g/mol. The number of fused-ring (bicyclic) bond motifs is 1. The molecule has 5 aromatic rings. The molecule has 0 radical (unpaired) electrons. The Balaban J connectivity index is 1.73. The quantitative estimate of drug-likeness (QED) is 0.361. The van der Waals surface area contributed by atoms with Gasteiger partial charge in [-0.2, -0.15) is 5.26 Å². The molecule has 3 heterocycles. The second kappa shape index (κ2) is 9.71. The zero-order chi connectivity index (χ0) is 25.9. The average Bonchev–Trinajstić information content (AvgIpc) is 2.93. The fourth-order valence-corrected chi connectivity index (χ4v) is 4.05. The van der Waals surface area contributed by atoms with Crippen LogP contribution in [0.15, 0.2) is 72.0 Å². The van der Waals surface area contributed by atoms with Gasteiger partial charge in [-0.15, -0.1) is 0 Å². The van der Waals surface area contributed by atoms with Gasteiger partial charge >= 0.3 is 6.01 Å². The summed E-state index contributed by atoms with van der Waals surface area (Å²) in [5.74, 6) is 0.735. The largest absolute Gasteiger partial charge is 0.467 e. The SMILES string of the molecule is COc1ncc(-c2cccc3nc([C@H](C)Nc4ncnc(N)c4C#N)n(-c4ccccc4)c(=O)c23)cn1. The Kier molecular flexibility index (Phi) is 6.13. The Morgan fingerprint density at radius 3 is 2.51 bits per heavy atom. The van der Waals surface area contributed by atoms with Crippen LogP contribution < -0.4 is 21.3 Å². The van der Waals surface area contributed by atoms with Gasteiger partial charge in [0.1, 0.15) is 35.4 Å². The molecule has 3 N–H and O–H groups in total. The number of nitrogens with two attached hydrogens (primary N) is 1. The van der Waals surface area contributed by atoms with E-state index in [-0.39, 0.29) is 28.8 Å². The molecule has 0 aliphatic carbocycles. The summed E-state index contributed by atoms with van der Waals surface area (Å²) in [5, 5.41) is 13.1. The van der Waals surface area contributed by atoms with Gasteiger partial charge in [-0.05, 0) is 30.7 Å². The van der Waals surface area contributed by atoms with E-state index >= 15 is 0 Å². The molecule has 3 aromatic heterocycles. The maximum absolute atomic E-state index is 14.1. The summed E-state index contributed by atoms with van der Waals surface area (Å²) >= 11 is 0. The minimum Gasteiger partial charge on any atom is -0.467 e. The summed E-state index contributed by atoms with van der Waals surface area (Å²) in [6.07, 6.45) is 4.48. The number of ether oxygens (including phenoxy) is 1. The first kappa shape index (κ1) is 23.4. The number of anilines is 2. The lowest BCUT2D eigenvalue weighted by atomic mass is 10.0. The molecule has 2 aromatic carbocycles. The molecule has 0 saturated carbocycles. The van der Waals surface area contributed by atoms with E-state index in [1.165, 1.54) is 13.4 Å². The molecular formula is C26H21N9O2. The van der Waals surface area contributed by atoms with E-state index in [0.29, 0.717) is 33.5 Å². The Labute approximate surface area is 211 Å². The molecule has 0 amide bonds. The highest BCUT2D eigenvalue weighted by Gasteiger charge is 2.22. The van der Waals surface area contributed by atoms with E-state index in [1.54, 1.807) is 23.0 Å². The highest BCUT2D eigenvalue weighted by atomic mass is 16.5. The molecule has 11 nitrogen and oxygen atoms in total. The fourth-order valence-electron chi connectivity index (χ4n) is 4.05. The number of nitriles is 1. The van der Waals surface area contributed by atoms with E-state index in [0.717, 1.165) is 0 Å². The summed E-state index contributed by atoms with van der Waals surface area (Å²) in [6.45, 7) is 1.83. The van der Waals surface area contributed by atoms with E-state index in [1.807, 2.05) is 55.5 Å². The number of hydrogen-bond donors (Lipinski definition) is 2. The van der Waals surface area contributed by atoms with Crippen molar-refractivity contribution in [1.29, 1.82) is 5.26 Å². The van der Waals surface area contributed by atoms with Crippen LogP contribution in [0.1, 0.15) is 24.4 Å². The normalized spacial score (nSPS) is 11.6. The third-order valence-corrected chi connectivity index (χ3v) is 5.79. The van der Waals surface area contributed by atoms with E-state index in [9.17, 15) is 10.1 Å². The summed E-state index contributed by atoms with van der Waals surface area (Å²) in [5.41, 5.74) is 8.13. The first-order chi connectivity index (χ1) is 18.0. The molecule has 37 heavy (non-hydrogen) atoms. The number of nitrogens with zero attached hydrogens (tertiary/aromatic N) is 7. The number of nitrogens with one attached hydrogen (secondary N) is 1. The van der Waals surface area contributed by atoms with Gasteiger partial charge < -0.3 is 15.8 Å². The molecule has 0 bridgehead atoms. The van der Waals surface area contributed by atoms with Crippen molar-refractivity contribution in [2.75, 3.05) is 18.2 Å². The maximum Gasteiger partial charge on any atom is 0.316 e. The van der Waals surface area contributed by atoms with Gasteiger partial charge in [-0.3, -0.25) is 9.36 Å². The Bertz CT molecular complexity index is 1690. The topological polar surface area (TPSA) is 158 Å². The first-order valence-corrected chi connectivity index (χ1v) is 11.3. The van der Waals surface area contributed by atoms with Crippen molar-refractivity contribution >= 4 is 22.5 Å². The van der Waals surface area contributed by atoms with Crippen molar-refractivity contribution in [3.8, 4) is 28.9 Å². The molecule has 0 aliphatic rings. The predicted molar refractivity (Wildman–Crippen MR) is 138 cm³/mol. The van der Waals surface area contributed by atoms with Crippen LogP contribution in [0.4, 0.5) is 11.6 Å². The van der Waals surface area contributed by atoms with Crippen molar-refractivity contribution in [3.63, 3.8) is 0 Å². The third kappa shape index (κ3) is 4.28. The lowest BCUT2D eigenvalue weighted by Gasteiger charge is -2.21. The predicted octanol–water partition coefficient (Wildman–Crippen LogP) is 3.27. The minimum atomic E-state index is -0.535. The summed E-state index contributed by atoms with van der Waals surface area (Å²) in [7, 11) is 1.49. The van der Waals surface area contributed by atoms with Crippen LogP contribution in [-0.4, -0.2) is 36.6 Å². The van der Waals surface area contributed by atoms with Crippen LogP contribution in [0, 0.1) is 11.3 Å². The van der Waals surface area contributed by atoms with Crippen LogP contribution in [0.3, 0.4) is 0 Å². The molecule has 0 aliphatic heterocycles. The number of nitrogen functional groups attached to an aromatic ring is 1. The summed E-state index contributed by atoms with van der Waals surface area (Å²) < 4.78 is 6.61. The van der Waals surface area contributed by atoms with Gasteiger partial charge in [-0.1, -0.05) is 30.3 Å². The maximum atomic E-state index is 14.1. The Morgan fingerprint density at radius 2 is 1.81 bits per heavy atom. The summed E-state index contributed by atoms with van der Waals surface area (Å²) in [6, 6.07) is 16.4. The lowest BCUT2D eigenvalue weighted by molar-refractivity contribution is 0.380. The van der Waals surface area contributed by atoms with Crippen molar-refractivity contribution in [2.24, 2.45) is 0 Å². The number of aromatic nitrogens is 6. The van der Waals surface area contributed by atoms with Crippen molar-refractivity contribution in [1.82, 2.24) is 29.5 Å². The highest BCUT2D eigenvalue weighted by molar-refractivity contribution is 5.94. The standard InChI is InChI=1S/C26H21N9O2/c1-15(33-23-19(11-27)22(28)31-14-32-23)24-34-20-10-6-9-18(16-12-29-26(37-2)30-13-16)21(20)25(36)35(24)17-7-4-3-5-8-17/h3-10,12-15H,1-2H3,(H3,28,31,32,33)/t15-/m0/s1. The minimum absolute atomic E-state index is 0.0606. The molecule has 0 unspecified atom stereocenters. The average molecular weight is 492 g/mol. The highest BCUT2D eigenvalue weighted by Crippen LogP contribution is 2.28. The van der Waals surface area contributed by atoms with Gasteiger partial charge in [0, 0.05) is 18.0 Å². The third-order valence-electron chi connectivity index (χ3n) is 5.79. The van der Waals surface area contributed by atoms with Gasteiger partial charge in [-0.25, -0.2) is 24.9 Å². The Morgan fingerprint density at radius 1 is 1.05 bits per heavy atom. The zero-order valence-corrected chi connectivity index (χ0v) is 20.0. The second-order valence-corrected chi connectivity index (χ2v) is 8.06. The number of rotatable bonds is 6.